The second-order valence-electron chi connectivity index (χ2n) is 5.27. The molecular formula is C16H16N2O3. The number of carboxylic acids is 1. The minimum Gasteiger partial charge on any atom is -0.478 e. The first-order valence-corrected chi connectivity index (χ1v) is 6.89. The summed E-state index contributed by atoms with van der Waals surface area (Å²) in [6.07, 6.45) is 4.11. The van der Waals surface area contributed by atoms with Gasteiger partial charge in [-0.25, -0.2) is 4.79 Å². The Kier molecular flexibility index (Phi) is 3.25. The number of amides is 1. The van der Waals surface area contributed by atoms with Crippen LogP contribution in [0.2, 0.25) is 0 Å². The second-order valence-corrected chi connectivity index (χ2v) is 5.27. The molecule has 1 amide bonds. The summed E-state index contributed by atoms with van der Waals surface area (Å²) < 4.78 is 1.98. The molecule has 1 aromatic heterocycles. The van der Waals surface area contributed by atoms with E-state index in [-0.39, 0.29) is 11.5 Å². The van der Waals surface area contributed by atoms with E-state index in [1.807, 2.05) is 16.8 Å². The van der Waals surface area contributed by atoms with Crippen molar-refractivity contribution in [3.63, 3.8) is 0 Å². The molecule has 108 valence electrons. The van der Waals surface area contributed by atoms with Crippen LogP contribution < -0.4 is 5.32 Å². The molecule has 0 atom stereocenters. The zero-order valence-corrected chi connectivity index (χ0v) is 11.7. The Morgan fingerprint density at radius 1 is 1.24 bits per heavy atom. The molecular weight excluding hydrogens is 268 g/mol. The molecule has 1 fully saturated rings. The fourth-order valence-electron chi connectivity index (χ4n) is 2.45. The summed E-state index contributed by atoms with van der Waals surface area (Å²) >= 11 is 0. The number of hydrogen-bond donors (Lipinski definition) is 2. The molecule has 1 aliphatic carbocycles. The van der Waals surface area contributed by atoms with Crippen molar-refractivity contribution in [1.29, 1.82) is 0 Å². The van der Waals surface area contributed by atoms with E-state index in [4.69, 9.17) is 5.11 Å². The van der Waals surface area contributed by atoms with Crippen LogP contribution in [0.4, 0.5) is 5.69 Å². The van der Waals surface area contributed by atoms with Gasteiger partial charge in [-0.05, 0) is 49.6 Å². The first-order chi connectivity index (χ1) is 10.1. The van der Waals surface area contributed by atoms with Crippen LogP contribution in [0.3, 0.4) is 0 Å². The highest BCUT2D eigenvalue weighted by molar-refractivity contribution is 6.04. The molecule has 0 saturated heterocycles. The van der Waals surface area contributed by atoms with Gasteiger partial charge < -0.3 is 15.0 Å². The van der Waals surface area contributed by atoms with Crippen LogP contribution in [0.15, 0.2) is 36.5 Å². The minimum absolute atomic E-state index is 0.199. The van der Waals surface area contributed by atoms with Crippen molar-refractivity contribution in [1.82, 2.24) is 4.57 Å². The van der Waals surface area contributed by atoms with E-state index in [9.17, 15) is 9.59 Å². The zero-order valence-electron chi connectivity index (χ0n) is 11.7. The molecule has 1 heterocycles. The molecule has 21 heavy (non-hydrogen) atoms. The number of carbonyl (C=O) groups excluding carboxylic acids is 1. The maximum Gasteiger partial charge on any atom is 0.336 e. The first kappa shape index (κ1) is 13.4. The number of nitrogens with zero attached hydrogens (tertiary/aromatic N) is 1. The number of nitrogens with one attached hydrogen (secondary N) is 1. The van der Waals surface area contributed by atoms with Gasteiger partial charge in [0.05, 0.1) is 5.56 Å². The summed E-state index contributed by atoms with van der Waals surface area (Å²) in [5.74, 6) is -1.21. The van der Waals surface area contributed by atoms with Gasteiger partial charge in [0.1, 0.15) is 5.69 Å². The van der Waals surface area contributed by atoms with Crippen LogP contribution in [0.5, 0.6) is 0 Å². The maximum atomic E-state index is 12.4. The topological polar surface area (TPSA) is 71.3 Å². The molecule has 0 spiro atoms. The molecule has 0 aliphatic heterocycles. The van der Waals surface area contributed by atoms with Gasteiger partial charge in [0.15, 0.2) is 0 Å². The summed E-state index contributed by atoms with van der Waals surface area (Å²) in [6, 6.07) is 8.93. The Hall–Kier alpha value is -2.56. The van der Waals surface area contributed by atoms with E-state index in [1.54, 1.807) is 25.1 Å². The lowest BCUT2D eigenvalue weighted by atomic mass is 10.1. The highest BCUT2D eigenvalue weighted by Crippen LogP contribution is 2.36. The van der Waals surface area contributed by atoms with Crippen molar-refractivity contribution in [3.8, 4) is 0 Å². The molecule has 1 aliphatic rings. The van der Waals surface area contributed by atoms with Crippen LogP contribution in [-0.2, 0) is 0 Å². The summed E-state index contributed by atoms with van der Waals surface area (Å²) in [5.41, 5.74) is 1.90. The summed E-state index contributed by atoms with van der Waals surface area (Å²) in [6.45, 7) is 1.69. The highest BCUT2D eigenvalue weighted by atomic mass is 16.4. The molecule has 0 bridgehead atoms. The Bertz CT molecular complexity index is 714. The van der Waals surface area contributed by atoms with Crippen LogP contribution in [0.1, 0.15) is 45.3 Å². The molecule has 2 N–H and O–H groups in total. The van der Waals surface area contributed by atoms with Crippen molar-refractivity contribution in [3.05, 3.63) is 53.3 Å². The van der Waals surface area contributed by atoms with Gasteiger partial charge in [0, 0.05) is 17.9 Å². The van der Waals surface area contributed by atoms with E-state index in [0.29, 0.717) is 23.0 Å². The van der Waals surface area contributed by atoms with Gasteiger partial charge in [0.2, 0.25) is 0 Å². The predicted molar refractivity (Wildman–Crippen MR) is 78.8 cm³/mol. The fourth-order valence-corrected chi connectivity index (χ4v) is 2.45. The van der Waals surface area contributed by atoms with Gasteiger partial charge >= 0.3 is 5.97 Å². The second kappa shape index (κ2) is 5.09. The van der Waals surface area contributed by atoms with Crippen LogP contribution in [0.25, 0.3) is 0 Å². The standard InChI is InChI=1S/C16H16N2O3/c1-10-12(16(20)21)4-2-5-13(10)17-15(19)14-6-3-9-18(14)11-7-8-11/h2-6,9,11H,7-8H2,1H3,(H,17,19)(H,20,21). The average molecular weight is 284 g/mol. The van der Waals surface area contributed by atoms with Gasteiger partial charge in [-0.1, -0.05) is 6.07 Å². The average Bonchev–Trinajstić information content (AvgIpc) is 3.17. The van der Waals surface area contributed by atoms with Crippen molar-refractivity contribution in [2.45, 2.75) is 25.8 Å². The van der Waals surface area contributed by atoms with Gasteiger partial charge in [-0.2, -0.15) is 0 Å². The number of aromatic carboxylic acids is 1. The normalized spacial score (nSPS) is 14.0. The number of carboxylic acid groups (broad SMARTS) is 1. The number of hydrogen-bond acceptors (Lipinski definition) is 2. The largest absolute Gasteiger partial charge is 0.478 e. The molecule has 5 nitrogen and oxygen atoms in total. The summed E-state index contributed by atoms with van der Waals surface area (Å²) in [7, 11) is 0. The zero-order chi connectivity index (χ0) is 15.0. The highest BCUT2D eigenvalue weighted by Gasteiger charge is 2.26. The lowest BCUT2D eigenvalue weighted by Crippen LogP contribution is -2.17. The third-order valence-corrected chi connectivity index (χ3v) is 3.76. The molecule has 5 heteroatoms. The summed E-state index contributed by atoms with van der Waals surface area (Å²) in [4.78, 5) is 23.5. The quantitative estimate of drug-likeness (QED) is 0.906. The van der Waals surface area contributed by atoms with Crippen LogP contribution >= 0.6 is 0 Å². The van der Waals surface area contributed by atoms with Gasteiger partial charge in [-0.3, -0.25) is 4.79 Å². The van der Waals surface area contributed by atoms with E-state index < -0.39 is 5.97 Å². The molecule has 0 radical (unpaired) electrons. The molecule has 1 saturated carbocycles. The van der Waals surface area contributed by atoms with E-state index in [2.05, 4.69) is 5.32 Å². The number of aromatic nitrogens is 1. The van der Waals surface area contributed by atoms with Crippen molar-refractivity contribution >= 4 is 17.6 Å². The number of rotatable bonds is 4. The van der Waals surface area contributed by atoms with Crippen molar-refractivity contribution in [2.75, 3.05) is 5.32 Å². The van der Waals surface area contributed by atoms with Crippen LogP contribution in [0, 0.1) is 6.92 Å². The Labute approximate surface area is 122 Å². The number of carbonyl (C=O) groups is 2. The molecule has 3 rings (SSSR count). The van der Waals surface area contributed by atoms with E-state index >= 15 is 0 Å². The lowest BCUT2D eigenvalue weighted by Gasteiger charge is -2.12. The molecule has 2 aromatic rings. The van der Waals surface area contributed by atoms with E-state index in [0.717, 1.165) is 12.8 Å². The minimum atomic E-state index is -0.995. The molecule has 1 aromatic carbocycles. The van der Waals surface area contributed by atoms with Gasteiger partial charge in [-0.15, -0.1) is 0 Å². The first-order valence-electron chi connectivity index (χ1n) is 6.89. The SMILES string of the molecule is Cc1c(NC(=O)c2cccn2C2CC2)cccc1C(=O)O. The summed E-state index contributed by atoms with van der Waals surface area (Å²) in [5, 5.41) is 11.9. The Morgan fingerprint density at radius 3 is 2.67 bits per heavy atom. The maximum absolute atomic E-state index is 12.4. The van der Waals surface area contributed by atoms with Crippen LogP contribution in [-0.4, -0.2) is 21.6 Å². The monoisotopic (exact) mass is 284 g/mol. The third-order valence-electron chi connectivity index (χ3n) is 3.76. The fraction of sp³-hybridized carbons (Fsp3) is 0.250. The lowest BCUT2D eigenvalue weighted by molar-refractivity contribution is 0.0695. The Morgan fingerprint density at radius 2 is 2.00 bits per heavy atom. The van der Waals surface area contributed by atoms with E-state index in [1.165, 1.54) is 6.07 Å². The number of benzene rings is 1. The third kappa shape index (κ3) is 2.54. The van der Waals surface area contributed by atoms with Crippen molar-refractivity contribution in [2.24, 2.45) is 0 Å². The smallest absolute Gasteiger partial charge is 0.336 e. The van der Waals surface area contributed by atoms with Gasteiger partial charge in [0.25, 0.3) is 5.91 Å². The van der Waals surface area contributed by atoms with Crippen molar-refractivity contribution < 1.29 is 14.7 Å². The molecule has 0 unspecified atom stereocenters. The Balaban J connectivity index is 1.86. The predicted octanol–water partition coefficient (Wildman–Crippen LogP) is 3.08. The number of anilines is 1.